The molecule has 0 aliphatic carbocycles. The maximum atomic E-state index is 13.4. The fourth-order valence-corrected chi connectivity index (χ4v) is 3.55. The molecule has 0 aliphatic rings. The first-order chi connectivity index (χ1) is 14.7. The standard InChI is InChI=1S/C26H29FN2O2/c1-18-8-7-9-21(16-18)23(17-20-11-13-22(27)14-12-20)19(2)29-25(30)26(3,4)31-24-10-5-6-15-28-24/h5-16,19,23H,17H2,1-4H3,(H,29,30). The average molecular weight is 421 g/mol. The molecule has 4 nitrogen and oxygen atoms in total. The molecule has 5 heteroatoms. The van der Waals surface area contributed by atoms with Crippen molar-refractivity contribution >= 4 is 5.91 Å². The van der Waals surface area contributed by atoms with E-state index in [1.54, 1.807) is 44.3 Å². The average Bonchev–Trinajstić information content (AvgIpc) is 2.73. The summed E-state index contributed by atoms with van der Waals surface area (Å²) in [6, 6.07) is 19.9. The van der Waals surface area contributed by atoms with Crippen LogP contribution in [-0.2, 0) is 11.2 Å². The molecule has 2 aromatic carbocycles. The molecule has 0 spiro atoms. The number of hydrogen-bond donors (Lipinski definition) is 1. The number of nitrogens with one attached hydrogen (secondary N) is 1. The van der Waals surface area contributed by atoms with Gasteiger partial charge >= 0.3 is 0 Å². The molecule has 31 heavy (non-hydrogen) atoms. The summed E-state index contributed by atoms with van der Waals surface area (Å²) in [7, 11) is 0. The Balaban J connectivity index is 1.79. The Kier molecular flexibility index (Phi) is 7.06. The molecule has 1 heterocycles. The van der Waals surface area contributed by atoms with Crippen LogP contribution in [0.15, 0.2) is 72.9 Å². The lowest BCUT2D eigenvalue weighted by Gasteiger charge is -2.30. The van der Waals surface area contributed by atoms with Gasteiger partial charge in [-0.3, -0.25) is 4.79 Å². The third kappa shape index (κ3) is 6.14. The Morgan fingerprint density at radius 1 is 1.10 bits per heavy atom. The molecule has 3 rings (SSSR count). The number of halogens is 1. The molecule has 1 N–H and O–H groups in total. The zero-order valence-electron chi connectivity index (χ0n) is 18.4. The minimum atomic E-state index is -1.09. The number of benzene rings is 2. The quantitative estimate of drug-likeness (QED) is 0.544. The number of carbonyl (C=O) groups excluding carboxylic acids is 1. The number of aryl methyl sites for hydroxylation is 1. The van der Waals surface area contributed by atoms with Gasteiger partial charge in [0.25, 0.3) is 5.91 Å². The van der Waals surface area contributed by atoms with Crippen LogP contribution in [0.2, 0.25) is 0 Å². The third-order valence-corrected chi connectivity index (χ3v) is 5.35. The number of nitrogens with zero attached hydrogens (tertiary/aromatic N) is 1. The molecule has 0 fully saturated rings. The van der Waals surface area contributed by atoms with Gasteiger partial charge in [0, 0.05) is 24.2 Å². The van der Waals surface area contributed by atoms with Crippen molar-refractivity contribution in [2.75, 3.05) is 0 Å². The van der Waals surface area contributed by atoms with E-state index in [0.29, 0.717) is 12.3 Å². The van der Waals surface area contributed by atoms with Gasteiger partial charge in [0.2, 0.25) is 5.88 Å². The van der Waals surface area contributed by atoms with Gasteiger partial charge in [0.15, 0.2) is 5.60 Å². The number of aromatic nitrogens is 1. The van der Waals surface area contributed by atoms with E-state index in [1.165, 1.54) is 12.1 Å². The monoisotopic (exact) mass is 420 g/mol. The van der Waals surface area contributed by atoms with E-state index in [0.717, 1.165) is 16.7 Å². The van der Waals surface area contributed by atoms with Crippen LogP contribution in [0.25, 0.3) is 0 Å². The summed E-state index contributed by atoms with van der Waals surface area (Å²) in [4.78, 5) is 17.2. The maximum absolute atomic E-state index is 13.4. The summed E-state index contributed by atoms with van der Waals surface area (Å²) >= 11 is 0. The van der Waals surface area contributed by atoms with Gasteiger partial charge in [-0.1, -0.05) is 48.0 Å². The van der Waals surface area contributed by atoms with Crippen LogP contribution in [-0.4, -0.2) is 22.5 Å². The molecule has 2 atom stereocenters. The molecule has 3 aromatic rings. The number of carbonyl (C=O) groups is 1. The number of rotatable bonds is 8. The second kappa shape index (κ2) is 9.73. The zero-order valence-corrected chi connectivity index (χ0v) is 18.4. The smallest absolute Gasteiger partial charge is 0.263 e. The maximum Gasteiger partial charge on any atom is 0.263 e. The van der Waals surface area contributed by atoms with E-state index in [4.69, 9.17) is 4.74 Å². The second-order valence-corrected chi connectivity index (χ2v) is 8.39. The van der Waals surface area contributed by atoms with Crippen molar-refractivity contribution in [2.24, 2.45) is 0 Å². The minimum Gasteiger partial charge on any atom is -0.462 e. The van der Waals surface area contributed by atoms with Gasteiger partial charge < -0.3 is 10.1 Å². The van der Waals surface area contributed by atoms with E-state index >= 15 is 0 Å². The first kappa shape index (κ1) is 22.5. The van der Waals surface area contributed by atoms with Crippen molar-refractivity contribution in [3.05, 3.63) is 95.4 Å². The minimum absolute atomic E-state index is 0.0139. The lowest BCUT2D eigenvalue weighted by molar-refractivity contribution is -0.135. The van der Waals surface area contributed by atoms with Crippen LogP contribution in [0, 0.1) is 12.7 Å². The SMILES string of the molecule is Cc1cccc(C(Cc2ccc(F)cc2)C(C)NC(=O)C(C)(C)Oc2ccccn2)c1. The van der Waals surface area contributed by atoms with Crippen molar-refractivity contribution in [1.82, 2.24) is 10.3 Å². The largest absolute Gasteiger partial charge is 0.462 e. The van der Waals surface area contributed by atoms with Crippen molar-refractivity contribution in [3.8, 4) is 5.88 Å². The number of amides is 1. The fraction of sp³-hybridized carbons (Fsp3) is 0.308. The van der Waals surface area contributed by atoms with E-state index in [-0.39, 0.29) is 23.7 Å². The van der Waals surface area contributed by atoms with Gasteiger partial charge in [-0.25, -0.2) is 9.37 Å². The summed E-state index contributed by atoms with van der Waals surface area (Å²) in [5.74, 6) is -0.0650. The van der Waals surface area contributed by atoms with E-state index in [2.05, 4.69) is 22.4 Å². The van der Waals surface area contributed by atoms with Crippen LogP contribution < -0.4 is 10.1 Å². The highest BCUT2D eigenvalue weighted by Gasteiger charge is 2.33. The third-order valence-electron chi connectivity index (χ3n) is 5.35. The molecule has 0 radical (unpaired) electrons. The Bertz CT molecular complexity index is 1000. The number of hydrogen-bond acceptors (Lipinski definition) is 3. The summed E-state index contributed by atoms with van der Waals surface area (Å²) in [5, 5.41) is 3.12. The van der Waals surface area contributed by atoms with Gasteiger partial charge in [-0.15, -0.1) is 0 Å². The predicted octanol–water partition coefficient (Wildman–Crippen LogP) is 5.22. The van der Waals surface area contributed by atoms with Crippen molar-refractivity contribution in [1.29, 1.82) is 0 Å². The van der Waals surface area contributed by atoms with Crippen LogP contribution in [0.3, 0.4) is 0 Å². The van der Waals surface area contributed by atoms with Crippen molar-refractivity contribution < 1.29 is 13.9 Å². The Morgan fingerprint density at radius 3 is 2.48 bits per heavy atom. The summed E-state index contributed by atoms with van der Waals surface area (Å²) in [6.45, 7) is 7.49. The lowest BCUT2D eigenvalue weighted by Crippen LogP contribution is -2.51. The Morgan fingerprint density at radius 2 is 1.84 bits per heavy atom. The topological polar surface area (TPSA) is 51.2 Å². The number of pyridine rings is 1. The zero-order chi connectivity index (χ0) is 22.4. The lowest BCUT2D eigenvalue weighted by atomic mass is 9.85. The molecule has 2 unspecified atom stereocenters. The summed E-state index contributed by atoms with van der Waals surface area (Å²) in [5.41, 5.74) is 2.20. The highest BCUT2D eigenvalue weighted by atomic mass is 19.1. The molecule has 0 aliphatic heterocycles. The second-order valence-electron chi connectivity index (χ2n) is 8.39. The molecule has 162 valence electrons. The van der Waals surface area contributed by atoms with Crippen LogP contribution >= 0.6 is 0 Å². The normalized spacial score (nSPS) is 13.3. The summed E-state index contributed by atoms with van der Waals surface area (Å²) < 4.78 is 19.2. The summed E-state index contributed by atoms with van der Waals surface area (Å²) in [6.07, 6.45) is 2.30. The predicted molar refractivity (Wildman–Crippen MR) is 121 cm³/mol. The van der Waals surface area contributed by atoms with Crippen molar-refractivity contribution in [2.45, 2.75) is 51.7 Å². The van der Waals surface area contributed by atoms with Crippen LogP contribution in [0.5, 0.6) is 5.88 Å². The van der Waals surface area contributed by atoms with Crippen molar-refractivity contribution in [3.63, 3.8) is 0 Å². The van der Waals surface area contributed by atoms with E-state index in [1.807, 2.05) is 32.0 Å². The molecule has 0 bridgehead atoms. The first-order valence-corrected chi connectivity index (χ1v) is 10.5. The molecule has 1 amide bonds. The van der Waals surface area contributed by atoms with Gasteiger partial charge in [0.1, 0.15) is 5.82 Å². The van der Waals surface area contributed by atoms with E-state index < -0.39 is 5.60 Å². The Hall–Kier alpha value is -3.21. The Labute approximate surface area is 183 Å². The van der Waals surface area contributed by atoms with Gasteiger partial charge in [-0.05, 0) is 63.4 Å². The fourth-order valence-electron chi connectivity index (χ4n) is 3.55. The number of ether oxygens (including phenoxy) is 1. The highest BCUT2D eigenvalue weighted by Crippen LogP contribution is 2.26. The molecule has 0 saturated heterocycles. The molecule has 0 saturated carbocycles. The van der Waals surface area contributed by atoms with Gasteiger partial charge in [0.05, 0.1) is 0 Å². The highest BCUT2D eigenvalue weighted by molar-refractivity contribution is 5.85. The molecular weight excluding hydrogens is 391 g/mol. The van der Waals surface area contributed by atoms with E-state index in [9.17, 15) is 9.18 Å². The molecular formula is C26H29FN2O2. The van der Waals surface area contributed by atoms with Crippen LogP contribution in [0.1, 0.15) is 43.4 Å². The first-order valence-electron chi connectivity index (χ1n) is 10.5. The van der Waals surface area contributed by atoms with Gasteiger partial charge in [-0.2, -0.15) is 0 Å². The molecule has 1 aromatic heterocycles. The van der Waals surface area contributed by atoms with Crippen LogP contribution in [0.4, 0.5) is 4.39 Å².